The van der Waals surface area contributed by atoms with Crippen molar-refractivity contribution in [3.05, 3.63) is 60.2 Å². The van der Waals surface area contributed by atoms with Gasteiger partial charge in [-0.2, -0.15) is 0 Å². The topological polar surface area (TPSA) is 88.6 Å². The average Bonchev–Trinajstić information content (AvgIpc) is 2.62. The van der Waals surface area contributed by atoms with E-state index in [1.807, 2.05) is 0 Å². The summed E-state index contributed by atoms with van der Waals surface area (Å²) in [7, 11) is 1.40. The summed E-state index contributed by atoms with van der Waals surface area (Å²) in [6, 6.07) is 9.97. The molecule has 8 heteroatoms. The van der Waals surface area contributed by atoms with E-state index in [4.69, 9.17) is 4.74 Å². The number of nitrogens with zero attached hydrogens (tertiary/aromatic N) is 2. The number of hydrogen-bond acceptors (Lipinski definition) is 5. The molecule has 2 amide bonds. The molecule has 0 unspecified atom stereocenters. The van der Waals surface area contributed by atoms with E-state index in [1.54, 1.807) is 12.1 Å². The van der Waals surface area contributed by atoms with E-state index in [0.717, 1.165) is 4.90 Å². The molecule has 1 aromatic heterocycles. The molecule has 0 aliphatic heterocycles. The number of benzene rings is 1. The average molecular weight is 345 g/mol. The van der Waals surface area contributed by atoms with E-state index in [2.05, 4.69) is 10.3 Å². The smallest absolute Gasteiger partial charge is 0.357 e. The third-order valence-electron chi connectivity index (χ3n) is 3.14. The number of halogens is 1. The van der Waals surface area contributed by atoms with Gasteiger partial charge in [-0.25, -0.2) is 14.2 Å². The first-order chi connectivity index (χ1) is 12.0. The van der Waals surface area contributed by atoms with Crippen LogP contribution in [0, 0.1) is 5.82 Å². The van der Waals surface area contributed by atoms with Crippen LogP contribution in [0.5, 0.6) is 0 Å². The van der Waals surface area contributed by atoms with Crippen molar-refractivity contribution >= 4 is 23.5 Å². The fourth-order valence-corrected chi connectivity index (χ4v) is 1.83. The van der Waals surface area contributed by atoms with E-state index in [0.29, 0.717) is 5.69 Å². The molecule has 0 fully saturated rings. The molecule has 0 saturated heterocycles. The first kappa shape index (κ1) is 18.1. The van der Waals surface area contributed by atoms with E-state index >= 15 is 0 Å². The highest BCUT2D eigenvalue weighted by Crippen LogP contribution is 2.08. The largest absolute Gasteiger partial charge is 0.451 e. The number of anilines is 1. The summed E-state index contributed by atoms with van der Waals surface area (Å²) in [4.78, 5) is 40.4. The lowest BCUT2D eigenvalue weighted by Crippen LogP contribution is -2.37. The summed E-state index contributed by atoms with van der Waals surface area (Å²) in [5.74, 6) is -2.14. The zero-order valence-electron chi connectivity index (χ0n) is 13.4. The molecule has 0 radical (unpaired) electrons. The van der Waals surface area contributed by atoms with Gasteiger partial charge in [-0.3, -0.25) is 9.59 Å². The van der Waals surface area contributed by atoms with Crippen LogP contribution in [-0.4, -0.2) is 47.9 Å². The number of nitrogens with one attached hydrogen (secondary N) is 1. The number of likely N-dealkylation sites (N-methyl/N-ethyl adjacent to an activating group) is 1. The first-order valence-electron chi connectivity index (χ1n) is 7.33. The molecule has 130 valence electrons. The first-order valence-corrected chi connectivity index (χ1v) is 7.33. The number of hydrogen-bond donors (Lipinski definition) is 1. The molecule has 0 spiro atoms. The highest BCUT2D eigenvalue weighted by molar-refractivity contribution is 5.95. The Morgan fingerprint density at radius 3 is 2.52 bits per heavy atom. The molecule has 0 saturated carbocycles. The minimum atomic E-state index is -0.724. The van der Waals surface area contributed by atoms with Gasteiger partial charge < -0.3 is 15.0 Å². The number of pyridine rings is 1. The summed E-state index contributed by atoms with van der Waals surface area (Å²) in [6.45, 7) is -0.743. The van der Waals surface area contributed by atoms with Crippen molar-refractivity contribution < 1.29 is 23.5 Å². The number of rotatable bonds is 6. The fraction of sp³-hybridized carbons (Fsp3) is 0.176. The second kappa shape index (κ2) is 8.53. The normalized spacial score (nSPS) is 10.0. The Kier molecular flexibility index (Phi) is 6.16. The molecule has 2 rings (SSSR count). The maximum absolute atomic E-state index is 12.8. The molecule has 0 bridgehead atoms. The molecule has 1 N–H and O–H groups in total. The van der Waals surface area contributed by atoms with Gasteiger partial charge in [-0.05, 0) is 36.4 Å². The molecule has 0 aliphatic carbocycles. The van der Waals surface area contributed by atoms with E-state index < -0.39 is 30.2 Å². The summed E-state index contributed by atoms with van der Waals surface area (Å²) in [5, 5.41) is 2.53. The molecule has 0 aliphatic rings. The number of carbonyl (C=O) groups excluding carboxylic acids is 3. The third-order valence-corrected chi connectivity index (χ3v) is 3.14. The van der Waals surface area contributed by atoms with Gasteiger partial charge >= 0.3 is 5.97 Å². The Balaban J connectivity index is 1.78. The van der Waals surface area contributed by atoms with Crippen LogP contribution in [-0.2, 0) is 14.3 Å². The molecule has 25 heavy (non-hydrogen) atoms. The molecule has 1 aromatic carbocycles. The van der Waals surface area contributed by atoms with Crippen molar-refractivity contribution in [1.82, 2.24) is 9.88 Å². The lowest BCUT2D eigenvalue weighted by molar-refractivity contribution is -0.136. The highest BCUT2D eigenvalue weighted by atomic mass is 19.1. The predicted octanol–water partition coefficient (Wildman–Crippen LogP) is 1.47. The van der Waals surface area contributed by atoms with Crippen LogP contribution in [0.1, 0.15) is 10.5 Å². The molecule has 7 nitrogen and oxygen atoms in total. The predicted molar refractivity (Wildman–Crippen MR) is 87.2 cm³/mol. The van der Waals surface area contributed by atoms with E-state index in [1.165, 1.54) is 43.6 Å². The van der Waals surface area contributed by atoms with Gasteiger partial charge in [-0.15, -0.1) is 0 Å². The molecule has 0 atom stereocenters. The van der Waals surface area contributed by atoms with Gasteiger partial charge in [-0.1, -0.05) is 6.07 Å². The molecular weight excluding hydrogens is 329 g/mol. The number of esters is 1. The van der Waals surface area contributed by atoms with Gasteiger partial charge in [0.15, 0.2) is 6.61 Å². The van der Waals surface area contributed by atoms with E-state index in [-0.39, 0.29) is 12.2 Å². The monoisotopic (exact) mass is 345 g/mol. The summed E-state index contributed by atoms with van der Waals surface area (Å²) in [6.07, 6.45) is 1.43. The van der Waals surface area contributed by atoms with Crippen molar-refractivity contribution in [3.63, 3.8) is 0 Å². The number of amides is 2. The van der Waals surface area contributed by atoms with Crippen LogP contribution in [0.15, 0.2) is 48.7 Å². The second-order valence-electron chi connectivity index (χ2n) is 5.10. The molecular formula is C17H16FN3O4. The lowest BCUT2D eigenvalue weighted by atomic mass is 10.3. The Morgan fingerprint density at radius 2 is 1.88 bits per heavy atom. The lowest BCUT2D eigenvalue weighted by Gasteiger charge is -2.16. The third kappa shape index (κ3) is 5.69. The maximum Gasteiger partial charge on any atom is 0.357 e. The Bertz CT molecular complexity index is 750. The van der Waals surface area contributed by atoms with Crippen LogP contribution >= 0.6 is 0 Å². The Morgan fingerprint density at radius 1 is 1.16 bits per heavy atom. The SMILES string of the molecule is CN(CC(=O)Nc1ccc(F)cc1)C(=O)COC(=O)c1ccccn1. The maximum atomic E-state index is 12.8. The minimum Gasteiger partial charge on any atom is -0.451 e. The van der Waals surface area contributed by atoms with Crippen LogP contribution in [0.4, 0.5) is 10.1 Å². The van der Waals surface area contributed by atoms with Gasteiger partial charge in [0.25, 0.3) is 5.91 Å². The van der Waals surface area contributed by atoms with Crippen LogP contribution < -0.4 is 5.32 Å². The quantitative estimate of drug-likeness (QED) is 0.801. The zero-order valence-corrected chi connectivity index (χ0v) is 13.4. The summed E-state index contributed by atoms with van der Waals surface area (Å²) >= 11 is 0. The van der Waals surface area contributed by atoms with Gasteiger partial charge in [0.05, 0.1) is 6.54 Å². The fourth-order valence-electron chi connectivity index (χ4n) is 1.83. The standard InChI is InChI=1S/C17H16FN3O4/c1-21(10-15(22)20-13-7-5-12(18)6-8-13)16(23)11-25-17(24)14-4-2-3-9-19-14/h2-9H,10-11H2,1H3,(H,20,22). The number of ether oxygens (including phenoxy) is 1. The second-order valence-corrected chi connectivity index (χ2v) is 5.10. The molecule has 1 heterocycles. The van der Waals surface area contributed by atoms with Crippen molar-refractivity contribution in [2.45, 2.75) is 0 Å². The molecule has 2 aromatic rings. The van der Waals surface area contributed by atoms with E-state index in [9.17, 15) is 18.8 Å². The summed E-state index contributed by atoms with van der Waals surface area (Å²) < 4.78 is 17.7. The van der Waals surface area contributed by atoms with Crippen molar-refractivity contribution in [2.75, 3.05) is 25.5 Å². The minimum absolute atomic E-state index is 0.0898. The number of aromatic nitrogens is 1. The van der Waals surface area contributed by atoms with Crippen LogP contribution in [0.2, 0.25) is 0 Å². The van der Waals surface area contributed by atoms with Gasteiger partial charge in [0, 0.05) is 18.9 Å². The van der Waals surface area contributed by atoms with Crippen molar-refractivity contribution in [1.29, 1.82) is 0 Å². The van der Waals surface area contributed by atoms with Crippen LogP contribution in [0.25, 0.3) is 0 Å². The Hall–Kier alpha value is -3.29. The highest BCUT2D eigenvalue weighted by Gasteiger charge is 2.16. The summed E-state index contributed by atoms with van der Waals surface area (Å²) in [5.41, 5.74) is 0.501. The zero-order chi connectivity index (χ0) is 18.2. The Labute approximate surface area is 143 Å². The van der Waals surface area contributed by atoms with Crippen LogP contribution in [0.3, 0.4) is 0 Å². The van der Waals surface area contributed by atoms with Gasteiger partial charge in [0.1, 0.15) is 11.5 Å². The van der Waals surface area contributed by atoms with Crippen molar-refractivity contribution in [3.8, 4) is 0 Å². The number of carbonyl (C=O) groups is 3. The van der Waals surface area contributed by atoms with Crippen molar-refractivity contribution in [2.24, 2.45) is 0 Å². The van der Waals surface area contributed by atoms with Gasteiger partial charge in [0.2, 0.25) is 5.91 Å².